The summed E-state index contributed by atoms with van der Waals surface area (Å²) in [7, 11) is 0. The van der Waals surface area contributed by atoms with E-state index in [2.05, 4.69) is 41.4 Å². The molecule has 0 radical (unpaired) electrons. The first-order chi connectivity index (χ1) is 14.3. The van der Waals surface area contributed by atoms with Crippen molar-refractivity contribution in [1.29, 1.82) is 0 Å². The molecule has 1 atom stereocenters. The van der Waals surface area contributed by atoms with Crippen LogP contribution in [0.1, 0.15) is 30.9 Å². The standard InChI is InChI=1S/C24H23N3OS/c1-2-9-22-23(28)27(17-20-14-8-13-19-12-6-7-15-21(19)20)24(29-22)26-25-16-18-10-4-3-5-11-18/h3-8,10-16,22H,2,9,17H2,1H3/b25-16-,26-24-/t22-/m0/s1. The fourth-order valence-electron chi connectivity index (χ4n) is 3.46. The molecule has 5 heteroatoms. The van der Waals surface area contributed by atoms with Gasteiger partial charge in [-0.2, -0.15) is 5.10 Å². The summed E-state index contributed by atoms with van der Waals surface area (Å²) >= 11 is 1.52. The lowest BCUT2D eigenvalue weighted by Crippen LogP contribution is -2.31. The zero-order chi connectivity index (χ0) is 20.1. The zero-order valence-corrected chi connectivity index (χ0v) is 17.2. The van der Waals surface area contributed by atoms with Crippen molar-refractivity contribution < 1.29 is 4.79 Å². The molecule has 4 rings (SSSR count). The van der Waals surface area contributed by atoms with Crippen molar-refractivity contribution in [2.45, 2.75) is 31.6 Å². The fourth-order valence-corrected chi connectivity index (χ4v) is 4.67. The summed E-state index contributed by atoms with van der Waals surface area (Å²) in [6.07, 6.45) is 3.53. The maximum absolute atomic E-state index is 13.1. The molecule has 3 aromatic carbocycles. The Morgan fingerprint density at radius 3 is 2.59 bits per heavy atom. The second kappa shape index (κ2) is 9.05. The third-order valence-electron chi connectivity index (χ3n) is 4.93. The minimum absolute atomic E-state index is 0.0827. The minimum Gasteiger partial charge on any atom is -0.284 e. The average Bonchev–Trinajstić information content (AvgIpc) is 3.04. The molecule has 0 bridgehead atoms. The largest absolute Gasteiger partial charge is 0.284 e. The van der Waals surface area contributed by atoms with E-state index in [0.29, 0.717) is 11.7 Å². The first-order valence-corrected chi connectivity index (χ1v) is 10.7. The molecule has 4 nitrogen and oxygen atoms in total. The van der Waals surface area contributed by atoms with Gasteiger partial charge >= 0.3 is 0 Å². The Morgan fingerprint density at radius 1 is 1.00 bits per heavy atom. The third-order valence-corrected chi connectivity index (χ3v) is 6.16. The normalized spacial score (nSPS) is 18.4. The molecule has 1 aliphatic heterocycles. The molecule has 0 aliphatic carbocycles. The zero-order valence-electron chi connectivity index (χ0n) is 16.4. The summed E-state index contributed by atoms with van der Waals surface area (Å²) in [5.74, 6) is 0.124. The van der Waals surface area contributed by atoms with E-state index in [-0.39, 0.29) is 11.2 Å². The Hall–Kier alpha value is -2.92. The highest BCUT2D eigenvalue weighted by Gasteiger charge is 2.37. The number of carbonyl (C=O) groups excluding carboxylic acids is 1. The summed E-state index contributed by atoms with van der Waals surface area (Å²) in [5.41, 5.74) is 2.10. The van der Waals surface area contributed by atoms with Crippen molar-refractivity contribution in [3.63, 3.8) is 0 Å². The molecule has 0 N–H and O–H groups in total. The number of rotatable bonds is 6. The quantitative estimate of drug-likeness (QED) is 0.406. The molecular weight excluding hydrogens is 378 g/mol. The molecule has 1 fully saturated rings. The van der Waals surface area contributed by atoms with Gasteiger partial charge in [0.05, 0.1) is 18.0 Å². The van der Waals surface area contributed by atoms with Crippen LogP contribution in [0.3, 0.4) is 0 Å². The van der Waals surface area contributed by atoms with Gasteiger partial charge in [0.2, 0.25) is 5.91 Å². The van der Waals surface area contributed by atoms with Crippen LogP contribution in [0.25, 0.3) is 10.8 Å². The van der Waals surface area contributed by atoms with E-state index in [1.807, 2.05) is 48.5 Å². The van der Waals surface area contributed by atoms with E-state index in [1.54, 1.807) is 11.1 Å². The molecule has 0 unspecified atom stereocenters. The SMILES string of the molecule is CCC[C@@H]1S/C(=N\N=C/c2ccccc2)N(Cc2cccc3ccccc23)C1=O. The minimum atomic E-state index is -0.0827. The van der Waals surface area contributed by atoms with Gasteiger partial charge in [-0.1, -0.05) is 97.9 Å². The van der Waals surface area contributed by atoms with E-state index in [1.165, 1.54) is 22.5 Å². The molecule has 0 aromatic heterocycles. The van der Waals surface area contributed by atoms with E-state index >= 15 is 0 Å². The number of carbonyl (C=O) groups is 1. The Kier molecular flexibility index (Phi) is 6.06. The van der Waals surface area contributed by atoms with Gasteiger partial charge in [0.25, 0.3) is 0 Å². The first kappa shape index (κ1) is 19.4. The van der Waals surface area contributed by atoms with Crippen molar-refractivity contribution in [2.75, 3.05) is 0 Å². The van der Waals surface area contributed by atoms with Crippen molar-refractivity contribution in [1.82, 2.24) is 4.90 Å². The van der Waals surface area contributed by atoms with Crippen LogP contribution in [0, 0.1) is 0 Å². The lowest BCUT2D eigenvalue weighted by molar-refractivity contribution is -0.126. The molecule has 1 aliphatic rings. The van der Waals surface area contributed by atoms with Crippen LogP contribution in [0.2, 0.25) is 0 Å². The first-order valence-electron chi connectivity index (χ1n) is 9.87. The van der Waals surface area contributed by atoms with Gasteiger partial charge in [0.15, 0.2) is 5.17 Å². The topological polar surface area (TPSA) is 45.0 Å². The van der Waals surface area contributed by atoms with Crippen LogP contribution in [0.4, 0.5) is 0 Å². The van der Waals surface area contributed by atoms with E-state index in [9.17, 15) is 4.79 Å². The maximum Gasteiger partial charge on any atom is 0.242 e. The predicted molar refractivity (Wildman–Crippen MR) is 122 cm³/mol. The summed E-state index contributed by atoms with van der Waals surface area (Å²) in [6, 6.07) is 24.3. The Bertz CT molecular complexity index is 1060. The van der Waals surface area contributed by atoms with Crippen molar-refractivity contribution in [2.24, 2.45) is 10.2 Å². The van der Waals surface area contributed by atoms with Crippen molar-refractivity contribution in [3.8, 4) is 0 Å². The lowest BCUT2D eigenvalue weighted by Gasteiger charge is -2.17. The van der Waals surface area contributed by atoms with Gasteiger partial charge in [-0.15, -0.1) is 5.10 Å². The summed E-state index contributed by atoms with van der Waals surface area (Å²) in [4.78, 5) is 14.8. The number of nitrogens with zero attached hydrogens (tertiary/aromatic N) is 3. The number of amidine groups is 1. The van der Waals surface area contributed by atoms with Crippen LogP contribution < -0.4 is 0 Å². The second-order valence-electron chi connectivity index (χ2n) is 7.00. The van der Waals surface area contributed by atoms with Crippen LogP contribution in [-0.2, 0) is 11.3 Å². The Morgan fingerprint density at radius 2 is 1.76 bits per heavy atom. The number of amides is 1. The molecular formula is C24H23N3OS. The molecule has 0 saturated carbocycles. The van der Waals surface area contributed by atoms with Crippen LogP contribution in [-0.4, -0.2) is 27.4 Å². The van der Waals surface area contributed by atoms with Crippen LogP contribution in [0.5, 0.6) is 0 Å². The number of benzene rings is 3. The molecule has 146 valence electrons. The third kappa shape index (κ3) is 4.40. The van der Waals surface area contributed by atoms with E-state index < -0.39 is 0 Å². The van der Waals surface area contributed by atoms with Crippen LogP contribution in [0.15, 0.2) is 83.0 Å². The van der Waals surface area contributed by atoms with Crippen molar-refractivity contribution in [3.05, 3.63) is 83.9 Å². The number of fused-ring (bicyclic) bond motifs is 1. The highest BCUT2D eigenvalue weighted by Crippen LogP contribution is 2.32. The maximum atomic E-state index is 13.1. The monoisotopic (exact) mass is 401 g/mol. The van der Waals surface area contributed by atoms with Gasteiger partial charge in [0, 0.05) is 0 Å². The van der Waals surface area contributed by atoms with Crippen LogP contribution >= 0.6 is 11.8 Å². The number of hydrogen-bond acceptors (Lipinski definition) is 4. The highest BCUT2D eigenvalue weighted by molar-refractivity contribution is 8.15. The summed E-state index contributed by atoms with van der Waals surface area (Å²) < 4.78 is 0. The Labute approximate surface area is 175 Å². The second-order valence-corrected chi connectivity index (χ2v) is 8.17. The van der Waals surface area contributed by atoms with Crippen molar-refractivity contribution >= 4 is 39.8 Å². The lowest BCUT2D eigenvalue weighted by atomic mass is 10.0. The van der Waals surface area contributed by atoms with Gasteiger partial charge < -0.3 is 0 Å². The van der Waals surface area contributed by atoms with Gasteiger partial charge in [0.1, 0.15) is 0 Å². The number of thioether (sulfide) groups is 1. The van der Waals surface area contributed by atoms with E-state index in [0.717, 1.165) is 24.0 Å². The van der Waals surface area contributed by atoms with Gasteiger partial charge in [-0.25, -0.2) is 0 Å². The Balaban J connectivity index is 1.63. The molecule has 1 heterocycles. The molecule has 1 amide bonds. The fraction of sp³-hybridized carbons (Fsp3) is 0.208. The van der Waals surface area contributed by atoms with Gasteiger partial charge in [-0.05, 0) is 28.3 Å². The predicted octanol–water partition coefficient (Wildman–Crippen LogP) is 5.47. The molecule has 1 saturated heterocycles. The van der Waals surface area contributed by atoms with Gasteiger partial charge in [-0.3, -0.25) is 9.69 Å². The summed E-state index contributed by atoms with van der Waals surface area (Å²) in [5, 5.41) is 11.6. The molecule has 29 heavy (non-hydrogen) atoms. The number of hydrogen-bond donors (Lipinski definition) is 0. The highest BCUT2D eigenvalue weighted by atomic mass is 32.2. The molecule has 0 spiro atoms. The molecule has 3 aromatic rings. The smallest absolute Gasteiger partial charge is 0.242 e. The van der Waals surface area contributed by atoms with E-state index in [4.69, 9.17) is 0 Å². The summed E-state index contributed by atoms with van der Waals surface area (Å²) in [6.45, 7) is 2.61. The average molecular weight is 402 g/mol.